The van der Waals surface area contributed by atoms with Gasteiger partial charge in [0.1, 0.15) is 5.82 Å². The molecule has 1 aliphatic heterocycles. The molecule has 100 valence electrons. The van der Waals surface area contributed by atoms with Crippen molar-refractivity contribution in [1.29, 1.82) is 0 Å². The lowest BCUT2D eigenvalue weighted by Crippen LogP contribution is -2.28. The van der Waals surface area contributed by atoms with Crippen LogP contribution in [0.3, 0.4) is 0 Å². The van der Waals surface area contributed by atoms with Gasteiger partial charge in [-0.05, 0) is 38.9 Å². The molecule has 1 saturated heterocycles. The third-order valence-corrected chi connectivity index (χ3v) is 3.65. The maximum Gasteiger partial charge on any atom is 0.134 e. The van der Waals surface area contributed by atoms with Gasteiger partial charge >= 0.3 is 0 Å². The van der Waals surface area contributed by atoms with Gasteiger partial charge < -0.3 is 14.9 Å². The average Bonchev–Trinajstić information content (AvgIpc) is 2.74. The highest BCUT2D eigenvalue weighted by molar-refractivity contribution is 5.47. The lowest BCUT2D eigenvalue weighted by atomic mass is 10.1. The number of nitrogens with zero attached hydrogens (tertiary/aromatic N) is 3. The largest absolute Gasteiger partial charge is 0.389 e. The van der Waals surface area contributed by atoms with Gasteiger partial charge in [0.2, 0.25) is 0 Å². The minimum Gasteiger partial charge on any atom is -0.389 e. The summed E-state index contributed by atoms with van der Waals surface area (Å²) in [5.41, 5.74) is 0.909. The molecule has 0 radical (unpaired) electrons. The molecule has 0 bridgehead atoms. The molecular weight excluding hydrogens is 226 g/mol. The summed E-state index contributed by atoms with van der Waals surface area (Å²) in [5, 5.41) is 9.78. The Balaban J connectivity index is 2.06. The first kappa shape index (κ1) is 13.3. The van der Waals surface area contributed by atoms with Crippen LogP contribution in [0.4, 0.5) is 5.82 Å². The van der Waals surface area contributed by atoms with Gasteiger partial charge in [0.05, 0.1) is 6.10 Å². The molecule has 0 spiro atoms. The summed E-state index contributed by atoms with van der Waals surface area (Å²) in [7, 11) is 4.23. The van der Waals surface area contributed by atoms with E-state index in [1.54, 1.807) is 13.1 Å². The Bertz CT molecular complexity index is 394. The fourth-order valence-corrected chi connectivity index (χ4v) is 2.70. The number of anilines is 1. The third-order valence-electron chi connectivity index (χ3n) is 3.65. The number of aromatic nitrogens is 1. The fraction of sp³-hybridized carbons (Fsp3) is 0.643. The van der Waals surface area contributed by atoms with E-state index in [0.717, 1.165) is 24.5 Å². The molecule has 0 aliphatic carbocycles. The van der Waals surface area contributed by atoms with Gasteiger partial charge in [0.25, 0.3) is 0 Å². The van der Waals surface area contributed by atoms with Crippen LogP contribution in [0.25, 0.3) is 0 Å². The zero-order valence-corrected chi connectivity index (χ0v) is 11.5. The van der Waals surface area contributed by atoms with Crippen LogP contribution in [0, 0.1) is 5.92 Å². The zero-order valence-electron chi connectivity index (χ0n) is 11.5. The van der Waals surface area contributed by atoms with E-state index >= 15 is 0 Å². The number of pyridine rings is 1. The summed E-state index contributed by atoms with van der Waals surface area (Å²) in [4.78, 5) is 8.95. The van der Waals surface area contributed by atoms with Crippen LogP contribution in [-0.4, -0.2) is 48.7 Å². The van der Waals surface area contributed by atoms with Gasteiger partial charge in [0, 0.05) is 31.9 Å². The highest BCUT2D eigenvalue weighted by atomic mass is 16.3. The second kappa shape index (κ2) is 5.67. The third kappa shape index (κ3) is 3.00. The maximum atomic E-state index is 9.78. The van der Waals surface area contributed by atoms with E-state index in [2.05, 4.69) is 28.9 Å². The molecule has 1 aliphatic rings. The van der Waals surface area contributed by atoms with Crippen LogP contribution in [0.15, 0.2) is 18.3 Å². The number of hydrogen-bond acceptors (Lipinski definition) is 4. The Morgan fingerprint density at radius 1 is 1.61 bits per heavy atom. The van der Waals surface area contributed by atoms with E-state index in [0.29, 0.717) is 5.92 Å². The molecular formula is C14H23N3O. The van der Waals surface area contributed by atoms with Crippen molar-refractivity contribution in [2.24, 2.45) is 5.92 Å². The van der Waals surface area contributed by atoms with E-state index < -0.39 is 6.10 Å². The van der Waals surface area contributed by atoms with Gasteiger partial charge in [0.15, 0.2) is 0 Å². The van der Waals surface area contributed by atoms with Crippen molar-refractivity contribution in [1.82, 2.24) is 9.88 Å². The van der Waals surface area contributed by atoms with Crippen molar-refractivity contribution in [2.75, 3.05) is 38.6 Å². The molecule has 2 heterocycles. The Morgan fingerprint density at radius 2 is 2.39 bits per heavy atom. The number of hydrogen-bond donors (Lipinski definition) is 1. The normalized spacial score (nSPS) is 22.1. The smallest absolute Gasteiger partial charge is 0.134 e. The SMILES string of the molecule is C[C@@H](O)c1cccnc1N(C)CC1CCN(C)C1. The molecule has 0 amide bonds. The molecule has 1 aromatic rings. The molecule has 4 heteroatoms. The fourth-order valence-electron chi connectivity index (χ4n) is 2.70. The molecule has 1 N–H and O–H groups in total. The predicted molar refractivity (Wildman–Crippen MR) is 73.7 cm³/mol. The van der Waals surface area contributed by atoms with Gasteiger partial charge in [-0.2, -0.15) is 0 Å². The lowest BCUT2D eigenvalue weighted by Gasteiger charge is -2.25. The second-order valence-corrected chi connectivity index (χ2v) is 5.39. The summed E-state index contributed by atoms with van der Waals surface area (Å²) in [6, 6.07) is 3.83. The van der Waals surface area contributed by atoms with Gasteiger partial charge in [-0.25, -0.2) is 4.98 Å². The van der Waals surface area contributed by atoms with Crippen molar-refractivity contribution < 1.29 is 5.11 Å². The summed E-state index contributed by atoms with van der Waals surface area (Å²) in [6.45, 7) is 5.13. The molecule has 0 aromatic carbocycles. The molecule has 0 saturated carbocycles. The van der Waals surface area contributed by atoms with Crippen molar-refractivity contribution in [2.45, 2.75) is 19.4 Å². The second-order valence-electron chi connectivity index (χ2n) is 5.39. The minimum absolute atomic E-state index is 0.470. The summed E-state index contributed by atoms with van der Waals surface area (Å²) in [5.74, 6) is 1.60. The lowest BCUT2D eigenvalue weighted by molar-refractivity contribution is 0.199. The quantitative estimate of drug-likeness (QED) is 0.878. The minimum atomic E-state index is -0.470. The Morgan fingerprint density at radius 3 is 3.00 bits per heavy atom. The zero-order chi connectivity index (χ0) is 13.1. The first-order chi connectivity index (χ1) is 8.58. The Hall–Kier alpha value is -1.13. The van der Waals surface area contributed by atoms with Crippen LogP contribution in [-0.2, 0) is 0 Å². The van der Waals surface area contributed by atoms with Crippen LogP contribution < -0.4 is 4.90 Å². The van der Waals surface area contributed by atoms with Crippen molar-refractivity contribution in [3.63, 3.8) is 0 Å². The van der Waals surface area contributed by atoms with Crippen LogP contribution in [0.2, 0.25) is 0 Å². The molecule has 4 nitrogen and oxygen atoms in total. The number of aliphatic hydroxyl groups is 1. The van der Waals surface area contributed by atoms with Crippen molar-refractivity contribution in [3.8, 4) is 0 Å². The standard InChI is InChI=1S/C14H23N3O/c1-11(18)13-5-4-7-15-14(13)17(3)10-12-6-8-16(2)9-12/h4-5,7,11-12,18H,6,8-10H2,1-3H3/t11-,12?/m1/s1. The number of rotatable bonds is 4. The van der Waals surface area contributed by atoms with E-state index in [1.165, 1.54) is 13.0 Å². The Kier molecular flexibility index (Phi) is 4.19. The maximum absolute atomic E-state index is 9.78. The molecule has 1 aromatic heterocycles. The van der Waals surface area contributed by atoms with Crippen LogP contribution >= 0.6 is 0 Å². The summed E-state index contributed by atoms with van der Waals surface area (Å²) < 4.78 is 0. The molecule has 18 heavy (non-hydrogen) atoms. The molecule has 1 fully saturated rings. The van der Waals surface area contributed by atoms with Crippen LogP contribution in [0.1, 0.15) is 25.0 Å². The monoisotopic (exact) mass is 249 g/mol. The van der Waals surface area contributed by atoms with E-state index in [9.17, 15) is 5.11 Å². The highest BCUT2D eigenvalue weighted by Crippen LogP contribution is 2.24. The van der Waals surface area contributed by atoms with E-state index in [1.807, 2.05) is 12.1 Å². The average molecular weight is 249 g/mol. The number of likely N-dealkylation sites (tertiary alicyclic amines) is 1. The first-order valence-corrected chi connectivity index (χ1v) is 6.60. The molecule has 2 atom stereocenters. The van der Waals surface area contributed by atoms with E-state index in [-0.39, 0.29) is 0 Å². The van der Waals surface area contributed by atoms with Gasteiger partial charge in [-0.3, -0.25) is 0 Å². The first-order valence-electron chi connectivity index (χ1n) is 6.60. The molecule has 2 rings (SSSR count). The summed E-state index contributed by atoms with van der Waals surface area (Å²) in [6.07, 6.45) is 2.57. The summed E-state index contributed by atoms with van der Waals surface area (Å²) >= 11 is 0. The Labute approximate surface area is 109 Å². The van der Waals surface area contributed by atoms with Crippen molar-refractivity contribution in [3.05, 3.63) is 23.9 Å². The number of aliphatic hydroxyl groups excluding tert-OH is 1. The predicted octanol–water partition coefficient (Wildman–Crippen LogP) is 1.52. The highest BCUT2D eigenvalue weighted by Gasteiger charge is 2.22. The van der Waals surface area contributed by atoms with Gasteiger partial charge in [-0.1, -0.05) is 6.07 Å². The van der Waals surface area contributed by atoms with Gasteiger partial charge in [-0.15, -0.1) is 0 Å². The topological polar surface area (TPSA) is 39.6 Å². The molecule has 1 unspecified atom stereocenters. The van der Waals surface area contributed by atoms with Crippen LogP contribution in [0.5, 0.6) is 0 Å². The van der Waals surface area contributed by atoms with E-state index in [4.69, 9.17) is 0 Å². The van der Waals surface area contributed by atoms with Crippen molar-refractivity contribution >= 4 is 5.82 Å².